The summed E-state index contributed by atoms with van der Waals surface area (Å²) in [6.45, 7) is 6.06. The number of nitrogens with one attached hydrogen (secondary N) is 2. The van der Waals surface area contributed by atoms with Crippen molar-refractivity contribution >= 4 is 5.96 Å². The van der Waals surface area contributed by atoms with Crippen molar-refractivity contribution in [3.8, 4) is 5.75 Å². The van der Waals surface area contributed by atoms with Gasteiger partial charge in [0.25, 0.3) is 0 Å². The van der Waals surface area contributed by atoms with Crippen LogP contribution in [0.25, 0.3) is 0 Å². The minimum atomic E-state index is -4.71. The number of likely N-dealkylation sites (N-methyl/N-ethyl adjacent to an activating group) is 1. The Kier molecular flexibility index (Phi) is 8.18. The molecule has 9 heteroatoms. The van der Waals surface area contributed by atoms with Gasteiger partial charge in [0.15, 0.2) is 5.96 Å². The highest BCUT2D eigenvalue weighted by molar-refractivity contribution is 5.79. The van der Waals surface area contributed by atoms with Gasteiger partial charge >= 0.3 is 6.36 Å². The molecule has 1 aliphatic heterocycles. The lowest BCUT2D eigenvalue weighted by molar-refractivity contribution is -0.274. The molecule has 1 aliphatic rings. The minimum absolute atomic E-state index is 0.181. The van der Waals surface area contributed by atoms with Gasteiger partial charge in [-0.05, 0) is 32.6 Å². The topological polar surface area (TPSA) is 52.1 Å². The van der Waals surface area contributed by atoms with Crippen molar-refractivity contribution in [3.63, 3.8) is 0 Å². The standard InChI is InChI=1S/C18H28F3N5O/c1-22-17(23-8-11-26-10-5-9-25(2)12-13-26)24-14-15-6-3-4-7-16(15)27-18(19,20)21/h3-4,6-7H,5,8-14H2,1-2H3,(H2,22,23,24). The van der Waals surface area contributed by atoms with Crippen LogP contribution in [0.3, 0.4) is 0 Å². The summed E-state index contributed by atoms with van der Waals surface area (Å²) in [5.74, 6) is 0.338. The van der Waals surface area contributed by atoms with Gasteiger partial charge < -0.3 is 25.2 Å². The molecule has 0 aromatic heterocycles. The Labute approximate surface area is 158 Å². The number of nitrogens with zero attached hydrogens (tertiary/aromatic N) is 3. The molecule has 1 saturated heterocycles. The molecule has 0 unspecified atom stereocenters. The van der Waals surface area contributed by atoms with Gasteiger partial charge in [-0.2, -0.15) is 0 Å². The van der Waals surface area contributed by atoms with Crippen LogP contribution in [0.5, 0.6) is 5.75 Å². The third-order valence-electron chi connectivity index (χ3n) is 4.40. The molecule has 0 radical (unpaired) electrons. The van der Waals surface area contributed by atoms with Crippen molar-refractivity contribution in [1.82, 2.24) is 20.4 Å². The van der Waals surface area contributed by atoms with E-state index >= 15 is 0 Å². The number of hydrogen-bond acceptors (Lipinski definition) is 4. The van der Waals surface area contributed by atoms with Crippen LogP contribution in [-0.4, -0.2) is 75.5 Å². The molecule has 0 spiro atoms. The quantitative estimate of drug-likeness (QED) is 0.577. The van der Waals surface area contributed by atoms with Crippen molar-refractivity contribution in [1.29, 1.82) is 0 Å². The van der Waals surface area contributed by atoms with E-state index in [1.807, 2.05) is 0 Å². The molecular formula is C18H28F3N5O. The number of alkyl halides is 3. The van der Waals surface area contributed by atoms with Crippen LogP contribution in [0, 0.1) is 0 Å². The smallest absolute Gasteiger partial charge is 0.405 e. The molecular weight excluding hydrogens is 359 g/mol. The molecule has 0 aliphatic carbocycles. The summed E-state index contributed by atoms with van der Waals surface area (Å²) in [5.41, 5.74) is 0.410. The lowest BCUT2D eigenvalue weighted by Crippen LogP contribution is -2.42. The molecule has 0 saturated carbocycles. The fourth-order valence-corrected chi connectivity index (χ4v) is 2.93. The predicted molar refractivity (Wildman–Crippen MR) is 99.9 cm³/mol. The lowest BCUT2D eigenvalue weighted by Gasteiger charge is -2.21. The lowest BCUT2D eigenvalue weighted by atomic mass is 10.2. The molecule has 0 bridgehead atoms. The molecule has 0 amide bonds. The van der Waals surface area contributed by atoms with Gasteiger partial charge in [0.2, 0.25) is 0 Å². The first kappa shape index (κ1) is 21.3. The van der Waals surface area contributed by atoms with E-state index in [2.05, 4.69) is 37.2 Å². The van der Waals surface area contributed by atoms with E-state index in [1.54, 1.807) is 19.2 Å². The third kappa shape index (κ3) is 8.04. The largest absolute Gasteiger partial charge is 0.573 e. The summed E-state index contributed by atoms with van der Waals surface area (Å²) in [5, 5.41) is 6.24. The van der Waals surface area contributed by atoms with Crippen molar-refractivity contribution in [2.45, 2.75) is 19.3 Å². The van der Waals surface area contributed by atoms with Gasteiger partial charge in [0.1, 0.15) is 5.75 Å². The monoisotopic (exact) mass is 387 g/mol. The van der Waals surface area contributed by atoms with E-state index in [0.717, 1.165) is 39.1 Å². The van der Waals surface area contributed by atoms with E-state index in [1.165, 1.54) is 12.1 Å². The summed E-state index contributed by atoms with van der Waals surface area (Å²) in [6.07, 6.45) is -3.56. The molecule has 2 N–H and O–H groups in total. The Hall–Kier alpha value is -2.00. The molecule has 1 aromatic rings. The van der Waals surface area contributed by atoms with Gasteiger partial charge in [0, 0.05) is 45.3 Å². The van der Waals surface area contributed by atoms with Crippen molar-refractivity contribution < 1.29 is 17.9 Å². The fraction of sp³-hybridized carbons (Fsp3) is 0.611. The first-order chi connectivity index (χ1) is 12.9. The molecule has 1 heterocycles. The van der Waals surface area contributed by atoms with E-state index < -0.39 is 6.36 Å². The van der Waals surface area contributed by atoms with Gasteiger partial charge in [0.05, 0.1) is 0 Å². The van der Waals surface area contributed by atoms with E-state index in [9.17, 15) is 13.2 Å². The minimum Gasteiger partial charge on any atom is -0.405 e. The van der Waals surface area contributed by atoms with Crippen LogP contribution in [0.2, 0.25) is 0 Å². The molecule has 1 fully saturated rings. The highest BCUT2D eigenvalue weighted by Gasteiger charge is 2.31. The van der Waals surface area contributed by atoms with Crippen LogP contribution in [-0.2, 0) is 6.54 Å². The molecule has 2 rings (SSSR count). The number of halogens is 3. The Balaban J connectivity index is 1.79. The average Bonchev–Trinajstić information content (AvgIpc) is 2.82. The zero-order chi connectivity index (χ0) is 19.7. The van der Waals surface area contributed by atoms with Crippen LogP contribution in [0.4, 0.5) is 13.2 Å². The Morgan fingerprint density at radius 2 is 1.93 bits per heavy atom. The number of aliphatic imine (C=N–C) groups is 1. The van der Waals surface area contributed by atoms with E-state index in [-0.39, 0.29) is 12.3 Å². The second-order valence-electron chi connectivity index (χ2n) is 6.51. The Bertz CT molecular complexity index is 609. The predicted octanol–water partition coefficient (Wildman–Crippen LogP) is 1.89. The van der Waals surface area contributed by atoms with Crippen molar-refractivity contribution in [3.05, 3.63) is 29.8 Å². The number of benzene rings is 1. The molecule has 6 nitrogen and oxygen atoms in total. The second kappa shape index (κ2) is 10.4. The van der Waals surface area contributed by atoms with E-state index in [4.69, 9.17) is 0 Å². The van der Waals surface area contributed by atoms with Gasteiger partial charge in [-0.3, -0.25) is 4.99 Å². The van der Waals surface area contributed by atoms with Gasteiger partial charge in [-0.1, -0.05) is 18.2 Å². The van der Waals surface area contributed by atoms with Crippen molar-refractivity contribution in [2.75, 3.05) is 53.4 Å². The van der Waals surface area contributed by atoms with Crippen LogP contribution in [0.1, 0.15) is 12.0 Å². The third-order valence-corrected chi connectivity index (χ3v) is 4.40. The molecule has 152 valence electrons. The molecule has 1 aromatic carbocycles. The molecule has 0 atom stereocenters. The first-order valence-corrected chi connectivity index (χ1v) is 9.06. The maximum atomic E-state index is 12.5. The average molecular weight is 387 g/mol. The maximum absolute atomic E-state index is 12.5. The van der Waals surface area contributed by atoms with Crippen LogP contribution < -0.4 is 15.4 Å². The zero-order valence-electron chi connectivity index (χ0n) is 15.9. The number of rotatable bonds is 6. The van der Waals surface area contributed by atoms with E-state index in [0.29, 0.717) is 18.1 Å². The number of guanidine groups is 1. The Morgan fingerprint density at radius 1 is 1.15 bits per heavy atom. The second-order valence-corrected chi connectivity index (χ2v) is 6.51. The Morgan fingerprint density at radius 3 is 2.67 bits per heavy atom. The fourth-order valence-electron chi connectivity index (χ4n) is 2.93. The van der Waals surface area contributed by atoms with Gasteiger partial charge in [-0.15, -0.1) is 13.2 Å². The number of para-hydroxylation sites is 1. The SMILES string of the molecule is CN=C(NCCN1CCCN(C)CC1)NCc1ccccc1OC(F)(F)F. The van der Waals surface area contributed by atoms with Crippen LogP contribution in [0.15, 0.2) is 29.3 Å². The normalized spacial score (nSPS) is 17.4. The zero-order valence-corrected chi connectivity index (χ0v) is 15.9. The summed E-state index contributed by atoms with van der Waals surface area (Å²) in [4.78, 5) is 8.85. The first-order valence-electron chi connectivity index (χ1n) is 9.06. The summed E-state index contributed by atoms with van der Waals surface area (Å²) >= 11 is 0. The van der Waals surface area contributed by atoms with Gasteiger partial charge in [-0.25, -0.2) is 0 Å². The van der Waals surface area contributed by atoms with Crippen LogP contribution >= 0.6 is 0 Å². The highest BCUT2D eigenvalue weighted by atomic mass is 19.4. The summed E-state index contributed by atoms with van der Waals surface area (Å²) in [7, 11) is 3.77. The number of ether oxygens (including phenoxy) is 1. The number of hydrogen-bond donors (Lipinski definition) is 2. The molecule has 27 heavy (non-hydrogen) atoms. The van der Waals surface area contributed by atoms with Crippen molar-refractivity contribution in [2.24, 2.45) is 4.99 Å². The summed E-state index contributed by atoms with van der Waals surface area (Å²) in [6, 6.07) is 6.08. The summed E-state index contributed by atoms with van der Waals surface area (Å²) < 4.78 is 41.6. The maximum Gasteiger partial charge on any atom is 0.573 e. The highest BCUT2D eigenvalue weighted by Crippen LogP contribution is 2.25.